The van der Waals surface area contributed by atoms with Gasteiger partial charge in [-0.1, -0.05) is 18.2 Å². The van der Waals surface area contributed by atoms with Gasteiger partial charge in [0.25, 0.3) is 5.91 Å². The molecule has 0 spiro atoms. The monoisotopic (exact) mass is 388 g/mol. The second-order valence-electron chi connectivity index (χ2n) is 7.05. The number of carbonyl (C=O) groups excluding carboxylic acids is 3. The first kappa shape index (κ1) is 18.7. The predicted molar refractivity (Wildman–Crippen MR) is 110 cm³/mol. The number of benzene rings is 2. The highest BCUT2D eigenvalue weighted by atomic mass is 16.5. The molecule has 2 heterocycles. The molecule has 6 nitrogen and oxygen atoms in total. The average molecular weight is 388 g/mol. The van der Waals surface area contributed by atoms with E-state index in [4.69, 9.17) is 4.74 Å². The molecule has 0 bridgehead atoms. The van der Waals surface area contributed by atoms with Crippen LogP contribution in [0.3, 0.4) is 0 Å². The smallest absolute Gasteiger partial charge is 0.261 e. The van der Waals surface area contributed by atoms with Crippen molar-refractivity contribution in [2.45, 2.75) is 26.4 Å². The summed E-state index contributed by atoms with van der Waals surface area (Å²) in [6, 6.07) is 14.3. The SMILES string of the molecule is CC(=O)Nc1ccc(N2C(=O)CC(=CC3=Cc4ccccc4OC3C)C2=O)cc1. The van der Waals surface area contributed by atoms with Gasteiger partial charge in [-0.15, -0.1) is 0 Å². The molecule has 1 unspecified atom stereocenters. The lowest BCUT2D eigenvalue weighted by Gasteiger charge is -2.23. The molecule has 2 aromatic carbocycles. The number of para-hydroxylation sites is 1. The van der Waals surface area contributed by atoms with E-state index in [0.717, 1.165) is 16.9 Å². The molecule has 0 aliphatic carbocycles. The number of ether oxygens (including phenoxy) is 1. The zero-order chi connectivity index (χ0) is 20.5. The third-order valence-electron chi connectivity index (χ3n) is 4.87. The highest BCUT2D eigenvalue weighted by Crippen LogP contribution is 2.33. The number of hydrogen-bond acceptors (Lipinski definition) is 4. The number of fused-ring (bicyclic) bond motifs is 1. The minimum Gasteiger partial charge on any atom is -0.485 e. The van der Waals surface area contributed by atoms with Crippen LogP contribution in [0.5, 0.6) is 5.75 Å². The lowest BCUT2D eigenvalue weighted by atomic mass is 10.00. The lowest BCUT2D eigenvalue weighted by molar-refractivity contribution is -0.120. The Morgan fingerprint density at radius 1 is 1.14 bits per heavy atom. The van der Waals surface area contributed by atoms with E-state index < -0.39 is 0 Å². The molecular weight excluding hydrogens is 368 g/mol. The summed E-state index contributed by atoms with van der Waals surface area (Å²) in [6.45, 7) is 3.33. The van der Waals surface area contributed by atoms with E-state index in [0.29, 0.717) is 16.9 Å². The van der Waals surface area contributed by atoms with E-state index in [9.17, 15) is 14.4 Å². The van der Waals surface area contributed by atoms with Gasteiger partial charge in [0, 0.05) is 23.7 Å². The molecule has 29 heavy (non-hydrogen) atoms. The summed E-state index contributed by atoms with van der Waals surface area (Å²) >= 11 is 0. The minimum atomic E-state index is -0.339. The molecule has 146 valence electrons. The first-order valence-corrected chi connectivity index (χ1v) is 9.35. The molecule has 1 N–H and O–H groups in total. The number of rotatable bonds is 3. The fourth-order valence-electron chi connectivity index (χ4n) is 3.47. The van der Waals surface area contributed by atoms with Crippen LogP contribution in [0.25, 0.3) is 6.08 Å². The number of imide groups is 1. The number of nitrogens with one attached hydrogen (secondary N) is 1. The molecule has 0 radical (unpaired) electrons. The van der Waals surface area contributed by atoms with Gasteiger partial charge in [-0.25, -0.2) is 4.90 Å². The van der Waals surface area contributed by atoms with Crippen molar-refractivity contribution < 1.29 is 19.1 Å². The Kier molecular flexibility index (Phi) is 4.76. The standard InChI is InChI=1S/C23H20N2O4/c1-14-17(11-16-5-3-4-6-21(16)29-14)12-18-13-22(27)25(23(18)28)20-9-7-19(8-10-20)24-15(2)26/h3-12,14H,13H2,1-2H3,(H,24,26). The van der Waals surface area contributed by atoms with Gasteiger partial charge in [0.2, 0.25) is 11.8 Å². The lowest BCUT2D eigenvalue weighted by Crippen LogP contribution is -2.29. The van der Waals surface area contributed by atoms with Crippen LogP contribution in [-0.2, 0) is 14.4 Å². The molecule has 6 heteroatoms. The molecule has 4 rings (SSSR count). The fourth-order valence-corrected chi connectivity index (χ4v) is 3.47. The summed E-state index contributed by atoms with van der Waals surface area (Å²) in [6.07, 6.45) is 3.56. The summed E-state index contributed by atoms with van der Waals surface area (Å²) in [5, 5.41) is 2.66. The van der Waals surface area contributed by atoms with Gasteiger partial charge in [0.15, 0.2) is 0 Å². The van der Waals surface area contributed by atoms with Crippen molar-refractivity contribution in [1.82, 2.24) is 0 Å². The number of hydrogen-bond donors (Lipinski definition) is 1. The Labute approximate surface area is 168 Å². The Hall–Kier alpha value is -3.67. The maximum atomic E-state index is 12.9. The van der Waals surface area contributed by atoms with Crippen molar-refractivity contribution in [1.29, 1.82) is 0 Å². The maximum Gasteiger partial charge on any atom is 0.261 e. The van der Waals surface area contributed by atoms with Crippen molar-refractivity contribution in [3.63, 3.8) is 0 Å². The number of carbonyl (C=O) groups is 3. The summed E-state index contributed by atoms with van der Waals surface area (Å²) < 4.78 is 5.92. The van der Waals surface area contributed by atoms with Crippen molar-refractivity contribution in [3.8, 4) is 5.75 Å². The molecular formula is C23H20N2O4. The number of amides is 3. The first-order chi connectivity index (χ1) is 13.9. The van der Waals surface area contributed by atoms with Crippen LogP contribution in [0.15, 0.2) is 65.8 Å². The van der Waals surface area contributed by atoms with Crippen LogP contribution < -0.4 is 15.0 Å². The Morgan fingerprint density at radius 3 is 2.59 bits per heavy atom. The van der Waals surface area contributed by atoms with Crippen molar-refractivity contribution in [3.05, 3.63) is 71.3 Å². The van der Waals surface area contributed by atoms with Gasteiger partial charge < -0.3 is 10.1 Å². The van der Waals surface area contributed by atoms with E-state index in [1.54, 1.807) is 30.3 Å². The fraction of sp³-hybridized carbons (Fsp3) is 0.174. The molecule has 0 saturated carbocycles. The van der Waals surface area contributed by atoms with Gasteiger partial charge in [-0.3, -0.25) is 14.4 Å². The largest absolute Gasteiger partial charge is 0.485 e. The second-order valence-corrected chi connectivity index (χ2v) is 7.05. The van der Waals surface area contributed by atoms with E-state index in [1.165, 1.54) is 11.8 Å². The highest BCUT2D eigenvalue weighted by Gasteiger charge is 2.35. The topological polar surface area (TPSA) is 75.7 Å². The minimum absolute atomic E-state index is 0.0397. The molecule has 2 aliphatic rings. The van der Waals surface area contributed by atoms with Crippen LogP contribution in [-0.4, -0.2) is 23.8 Å². The number of anilines is 2. The second kappa shape index (κ2) is 7.39. The quantitative estimate of drug-likeness (QED) is 0.643. The van der Waals surface area contributed by atoms with E-state index in [1.807, 2.05) is 37.3 Å². The zero-order valence-corrected chi connectivity index (χ0v) is 16.1. The summed E-state index contributed by atoms with van der Waals surface area (Å²) in [5.41, 5.74) is 3.31. The molecule has 2 aromatic rings. The van der Waals surface area contributed by atoms with Crippen molar-refractivity contribution in [2.24, 2.45) is 0 Å². The van der Waals surface area contributed by atoms with Crippen molar-refractivity contribution in [2.75, 3.05) is 10.2 Å². The Morgan fingerprint density at radius 2 is 1.86 bits per heavy atom. The third kappa shape index (κ3) is 3.69. The van der Waals surface area contributed by atoms with Gasteiger partial charge in [0.05, 0.1) is 12.1 Å². The molecule has 1 saturated heterocycles. The first-order valence-electron chi connectivity index (χ1n) is 9.35. The van der Waals surface area contributed by atoms with Crippen LogP contribution in [0.4, 0.5) is 11.4 Å². The van der Waals surface area contributed by atoms with E-state index in [-0.39, 0.29) is 30.2 Å². The Bertz CT molecular complexity index is 1070. The van der Waals surface area contributed by atoms with Gasteiger partial charge in [-0.2, -0.15) is 0 Å². The summed E-state index contributed by atoms with van der Waals surface area (Å²) in [4.78, 5) is 37.7. The van der Waals surface area contributed by atoms with Gasteiger partial charge in [-0.05, 0) is 55.0 Å². The summed E-state index contributed by atoms with van der Waals surface area (Å²) in [7, 11) is 0. The van der Waals surface area contributed by atoms with Crippen LogP contribution in [0, 0.1) is 0 Å². The van der Waals surface area contributed by atoms with Crippen LogP contribution >= 0.6 is 0 Å². The van der Waals surface area contributed by atoms with Gasteiger partial charge in [0.1, 0.15) is 11.9 Å². The molecule has 2 aliphatic heterocycles. The normalized spacial score (nSPS) is 19.7. The molecule has 1 atom stereocenters. The highest BCUT2D eigenvalue weighted by molar-refractivity contribution is 6.28. The molecule has 3 amide bonds. The molecule has 0 aromatic heterocycles. The van der Waals surface area contributed by atoms with Crippen LogP contribution in [0.1, 0.15) is 25.8 Å². The van der Waals surface area contributed by atoms with Crippen LogP contribution in [0.2, 0.25) is 0 Å². The average Bonchev–Trinajstić information content (AvgIpc) is 2.96. The van der Waals surface area contributed by atoms with Gasteiger partial charge >= 0.3 is 0 Å². The van der Waals surface area contributed by atoms with E-state index >= 15 is 0 Å². The predicted octanol–water partition coefficient (Wildman–Crippen LogP) is 3.70. The zero-order valence-electron chi connectivity index (χ0n) is 16.1. The third-order valence-corrected chi connectivity index (χ3v) is 4.87. The molecule has 1 fully saturated rings. The summed E-state index contributed by atoms with van der Waals surface area (Å²) in [5.74, 6) is -0.0000285. The maximum absolute atomic E-state index is 12.9. The van der Waals surface area contributed by atoms with E-state index in [2.05, 4.69) is 5.32 Å². The number of nitrogens with zero attached hydrogens (tertiary/aromatic N) is 1. The van der Waals surface area contributed by atoms with Crippen molar-refractivity contribution >= 4 is 35.2 Å². The Balaban J connectivity index is 1.60.